The SMILES string of the molecule is CC(C)(N)CN1CCN(c2ccc(S(N)(=O)=O)cc2)CC1.Cl. The maximum atomic E-state index is 11.2. The number of nitrogens with zero attached hydrogens (tertiary/aromatic N) is 2. The van der Waals surface area contributed by atoms with E-state index >= 15 is 0 Å². The minimum Gasteiger partial charge on any atom is -0.369 e. The summed E-state index contributed by atoms with van der Waals surface area (Å²) in [7, 11) is -3.62. The second-order valence-electron chi connectivity index (χ2n) is 6.29. The van der Waals surface area contributed by atoms with Crippen molar-refractivity contribution in [1.82, 2.24) is 4.90 Å². The van der Waals surface area contributed by atoms with Gasteiger partial charge in [0.2, 0.25) is 10.0 Å². The minimum absolute atomic E-state index is 0. The topological polar surface area (TPSA) is 92.7 Å². The highest BCUT2D eigenvalue weighted by Gasteiger charge is 2.22. The van der Waals surface area contributed by atoms with Crippen molar-refractivity contribution in [3.05, 3.63) is 24.3 Å². The van der Waals surface area contributed by atoms with Gasteiger partial charge in [0, 0.05) is 44.0 Å². The van der Waals surface area contributed by atoms with Crippen LogP contribution in [0.2, 0.25) is 0 Å². The van der Waals surface area contributed by atoms with Crippen molar-refractivity contribution < 1.29 is 8.42 Å². The number of halogens is 1. The highest BCUT2D eigenvalue weighted by molar-refractivity contribution is 7.89. The molecule has 0 unspecified atom stereocenters. The van der Waals surface area contributed by atoms with Gasteiger partial charge in [0.15, 0.2) is 0 Å². The molecule has 0 aliphatic carbocycles. The Morgan fingerprint density at radius 3 is 2.00 bits per heavy atom. The van der Waals surface area contributed by atoms with Crippen LogP contribution in [0.3, 0.4) is 0 Å². The summed E-state index contributed by atoms with van der Waals surface area (Å²) >= 11 is 0. The molecule has 0 radical (unpaired) electrons. The Bertz CT molecular complexity index is 576. The van der Waals surface area contributed by atoms with E-state index in [2.05, 4.69) is 9.80 Å². The Balaban J connectivity index is 0.00000242. The number of benzene rings is 1. The summed E-state index contributed by atoms with van der Waals surface area (Å²) in [6.45, 7) is 8.67. The fourth-order valence-electron chi connectivity index (χ4n) is 2.59. The number of primary sulfonamides is 1. The fraction of sp³-hybridized carbons (Fsp3) is 0.571. The lowest BCUT2D eigenvalue weighted by Crippen LogP contribution is -2.53. The third kappa shape index (κ3) is 5.40. The lowest BCUT2D eigenvalue weighted by atomic mass is 10.1. The van der Waals surface area contributed by atoms with Gasteiger partial charge in [-0.25, -0.2) is 13.6 Å². The number of rotatable bonds is 4. The number of nitrogens with two attached hydrogens (primary N) is 2. The van der Waals surface area contributed by atoms with Gasteiger partial charge < -0.3 is 10.6 Å². The molecule has 0 saturated carbocycles. The molecule has 126 valence electrons. The number of sulfonamides is 1. The van der Waals surface area contributed by atoms with E-state index in [1.54, 1.807) is 12.1 Å². The largest absolute Gasteiger partial charge is 0.369 e. The molecule has 1 aromatic rings. The van der Waals surface area contributed by atoms with E-state index in [1.165, 1.54) is 0 Å². The Hall–Kier alpha value is -0.860. The minimum atomic E-state index is -3.62. The van der Waals surface area contributed by atoms with E-state index in [0.29, 0.717) is 0 Å². The number of piperazine rings is 1. The van der Waals surface area contributed by atoms with Crippen molar-refractivity contribution in [2.24, 2.45) is 10.9 Å². The van der Waals surface area contributed by atoms with Gasteiger partial charge in [-0.3, -0.25) is 4.90 Å². The fourth-order valence-corrected chi connectivity index (χ4v) is 3.10. The van der Waals surface area contributed by atoms with Crippen molar-refractivity contribution >= 4 is 28.1 Å². The summed E-state index contributed by atoms with van der Waals surface area (Å²) in [4.78, 5) is 4.75. The van der Waals surface area contributed by atoms with Gasteiger partial charge in [-0.2, -0.15) is 0 Å². The van der Waals surface area contributed by atoms with Crippen LogP contribution in [0.5, 0.6) is 0 Å². The zero-order valence-electron chi connectivity index (χ0n) is 13.0. The van der Waals surface area contributed by atoms with Crippen molar-refractivity contribution in [1.29, 1.82) is 0 Å². The second-order valence-corrected chi connectivity index (χ2v) is 7.85. The molecule has 0 aromatic heterocycles. The first kappa shape index (κ1) is 19.2. The van der Waals surface area contributed by atoms with Gasteiger partial charge in [0.1, 0.15) is 0 Å². The Kier molecular flexibility index (Phi) is 6.23. The van der Waals surface area contributed by atoms with Gasteiger partial charge in [-0.15, -0.1) is 12.4 Å². The van der Waals surface area contributed by atoms with Crippen LogP contribution >= 0.6 is 12.4 Å². The molecule has 6 nitrogen and oxygen atoms in total. The average Bonchev–Trinajstić information content (AvgIpc) is 2.37. The Morgan fingerprint density at radius 1 is 1.09 bits per heavy atom. The molecule has 2 rings (SSSR count). The predicted molar refractivity (Wildman–Crippen MR) is 92.0 cm³/mol. The van der Waals surface area contributed by atoms with Crippen molar-refractivity contribution in [2.75, 3.05) is 37.6 Å². The third-order valence-corrected chi connectivity index (χ3v) is 4.46. The van der Waals surface area contributed by atoms with Crippen LogP contribution in [0.25, 0.3) is 0 Å². The zero-order chi connectivity index (χ0) is 15.7. The summed E-state index contributed by atoms with van der Waals surface area (Å²) in [6, 6.07) is 6.73. The van der Waals surface area contributed by atoms with Crippen LogP contribution in [-0.2, 0) is 10.0 Å². The molecule has 0 atom stereocenters. The van der Waals surface area contributed by atoms with Gasteiger partial charge >= 0.3 is 0 Å². The molecular formula is C14H25ClN4O2S. The second kappa shape index (κ2) is 7.14. The van der Waals surface area contributed by atoms with Crippen molar-refractivity contribution in [2.45, 2.75) is 24.3 Å². The predicted octanol–water partition coefficient (Wildman–Crippen LogP) is 0.615. The van der Waals surface area contributed by atoms with E-state index in [4.69, 9.17) is 10.9 Å². The quantitative estimate of drug-likeness (QED) is 0.831. The molecular weight excluding hydrogens is 324 g/mol. The van der Waals surface area contributed by atoms with Crippen LogP contribution in [0.1, 0.15) is 13.8 Å². The van der Waals surface area contributed by atoms with E-state index in [9.17, 15) is 8.42 Å². The first-order valence-corrected chi connectivity index (χ1v) is 8.59. The van der Waals surface area contributed by atoms with E-state index < -0.39 is 10.0 Å². The third-order valence-electron chi connectivity index (χ3n) is 3.53. The van der Waals surface area contributed by atoms with Crippen LogP contribution in [0.4, 0.5) is 5.69 Å². The zero-order valence-corrected chi connectivity index (χ0v) is 14.7. The first-order valence-electron chi connectivity index (χ1n) is 7.04. The standard InChI is InChI=1S/C14H24N4O2S.ClH/c1-14(2,15)11-17-7-9-18(10-8-17)12-3-5-13(6-4-12)21(16,19)20;/h3-6H,7-11,15H2,1-2H3,(H2,16,19,20);1H. The van der Waals surface area contributed by atoms with Gasteiger partial charge in [-0.05, 0) is 38.1 Å². The monoisotopic (exact) mass is 348 g/mol. The highest BCUT2D eigenvalue weighted by atomic mass is 35.5. The van der Waals surface area contributed by atoms with Crippen LogP contribution in [0, 0.1) is 0 Å². The highest BCUT2D eigenvalue weighted by Crippen LogP contribution is 2.19. The lowest BCUT2D eigenvalue weighted by molar-refractivity contribution is 0.214. The smallest absolute Gasteiger partial charge is 0.238 e. The number of anilines is 1. The molecule has 4 N–H and O–H groups in total. The summed E-state index contributed by atoms with van der Waals surface area (Å²) in [5.41, 5.74) is 6.89. The van der Waals surface area contributed by atoms with E-state index in [0.717, 1.165) is 38.4 Å². The van der Waals surface area contributed by atoms with Crippen LogP contribution in [0.15, 0.2) is 29.2 Å². The molecule has 1 aromatic carbocycles. The maximum Gasteiger partial charge on any atom is 0.238 e. The average molecular weight is 349 g/mol. The van der Waals surface area contributed by atoms with E-state index in [1.807, 2.05) is 26.0 Å². The lowest BCUT2D eigenvalue weighted by Gasteiger charge is -2.38. The van der Waals surface area contributed by atoms with Gasteiger partial charge in [0.05, 0.1) is 4.90 Å². The first-order chi connectivity index (χ1) is 9.65. The summed E-state index contributed by atoms with van der Waals surface area (Å²) in [5, 5.41) is 5.10. The van der Waals surface area contributed by atoms with Crippen LogP contribution in [-0.4, -0.2) is 51.6 Å². The van der Waals surface area contributed by atoms with Crippen molar-refractivity contribution in [3.8, 4) is 0 Å². The normalized spacial score (nSPS) is 17.2. The van der Waals surface area contributed by atoms with E-state index in [-0.39, 0.29) is 22.8 Å². The molecule has 0 spiro atoms. The molecule has 1 heterocycles. The molecule has 22 heavy (non-hydrogen) atoms. The van der Waals surface area contributed by atoms with Crippen molar-refractivity contribution in [3.63, 3.8) is 0 Å². The summed E-state index contributed by atoms with van der Waals surface area (Å²) in [6.07, 6.45) is 0. The number of hydrogen-bond donors (Lipinski definition) is 2. The molecule has 0 amide bonds. The summed E-state index contributed by atoms with van der Waals surface area (Å²) in [5.74, 6) is 0. The summed E-state index contributed by atoms with van der Waals surface area (Å²) < 4.78 is 22.5. The molecule has 1 saturated heterocycles. The molecule has 1 aliphatic heterocycles. The van der Waals surface area contributed by atoms with Gasteiger partial charge in [0.25, 0.3) is 0 Å². The Morgan fingerprint density at radius 2 is 1.59 bits per heavy atom. The Labute approximate surface area is 138 Å². The molecule has 0 bridgehead atoms. The molecule has 1 aliphatic rings. The molecule has 1 fully saturated rings. The van der Waals surface area contributed by atoms with Crippen LogP contribution < -0.4 is 15.8 Å². The molecule has 8 heteroatoms. The van der Waals surface area contributed by atoms with Gasteiger partial charge in [-0.1, -0.05) is 0 Å². The number of hydrogen-bond acceptors (Lipinski definition) is 5. The maximum absolute atomic E-state index is 11.2.